The van der Waals surface area contributed by atoms with Gasteiger partial charge in [-0.2, -0.15) is 0 Å². The number of nitrogens with one attached hydrogen (secondary N) is 1. The smallest absolute Gasteiger partial charge is 0.265 e. The molecule has 0 bridgehead atoms. The lowest BCUT2D eigenvalue weighted by Gasteiger charge is -2.32. The van der Waals surface area contributed by atoms with E-state index >= 15 is 0 Å². The van der Waals surface area contributed by atoms with Crippen molar-refractivity contribution in [1.82, 2.24) is 0 Å². The van der Waals surface area contributed by atoms with E-state index in [1.54, 1.807) is 4.90 Å². The number of anilines is 2. The molecule has 0 radical (unpaired) electrons. The molecule has 0 aromatic heterocycles. The van der Waals surface area contributed by atoms with Gasteiger partial charge in [0.15, 0.2) is 6.61 Å². The van der Waals surface area contributed by atoms with Crippen molar-refractivity contribution in [2.75, 3.05) is 16.8 Å². The van der Waals surface area contributed by atoms with E-state index in [-0.39, 0.29) is 18.6 Å². The Bertz CT molecular complexity index is 708. The first kappa shape index (κ1) is 15.4. The maximum Gasteiger partial charge on any atom is 0.265 e. The Kier molecular flexibility index (Phi) is 4.24. The van der Waals surface area contributed by atoms with Crippen LogP contribution in [0.1, 0.15) is 25.0 Å². The predicted molar refractivity (Wildman–Crippen MR) is 93.1 cm³/mol. The monoisotopic (exact) mass is 310 g/mol. The molecule has 0 fully saturated rings. The van der Waals surface area contributed by atoms with Gasteiger partial charge in [-0.25, -0.2) is 0 Å². The third kappa shape index (κ3) is 3.31. The normalized spacial score (nSPS) is 13.7. The Morgan fingerprint density at radius 3 is 2.61 bits per heavy atom. The first-order valence-electron chi connectivity index (χ1n) is 7.93. The van der Waals surface area contributed by atoms with E-state index in [4.69, 9.17) is 4.74 Å². The molecule has 0 atom stereocenters. The molecule has 3 rings (SSSR count). The zero-order valence-electron chi connectivity index (χ0n) is 13.8. The predicted octanol–water partition coefficient (Wildman–Crippen LogP) is 3.74. The summed E-state index contributed by atoms with van der Waals surface area (Å²) in [6.07, 6.45) is 0. The number of hydrogen-bond donors (Lipinski definition) is 1. The molecule has 0 unspecified atom stereocenters. The summed E-state index contributed by atoms with van der Waals surface area (Å²) in [6, 6.07) is 14.5. The van der Waals surface area contributed by atoms with Gasteiger partial charge in [0.25, 0.3) is 5.91 Å². The number of carbonyl (C=O) groups is 1. The van der Waals surface area contributed by atoms with Crippen LogP contribution in [0.5, 0.6) is 5.75 Å². The van der Waals surface area contributed by atoms with E-state index in [1.807, 2.05) is 32.0 Å². The average molecular weight is 310 g/mol. The number of benzene rings is 2. The number of amides is 1. The first-order chi connectivity index (χ1) is 11.0. The highest BCUT2D eigenvalue weighted by atomic mass is 16.5. The van der Waals surface area contributed by atoms with Gasteiger partial charge in [-0.3, -0.25) is 4.79 Å². The summed E-state index contributed by atoms with van der Waals surface area (Å²) >= 11 is 0. The number of ether oxygens (including phenoxy) is 1. The van der Waals surface area contributed by atoms with Crippen LogP contribution < -0.4 is 15.0 Å². The standard InChI is InChI=1S/C19H22N2O2/c1-13(2)21-17-9-8-16(10-18(17)23-12-19(21)22)20-11-15-6-4-14(3)5-7-15/h4-10,13,20H,11-12H2,1-3H3. The van der Waals surface area contributed by atoms with Gasteiger partial charge < -0.3 is 15.0 Å². The second kappa shape index (κ2) is 6.32. The molecular formula is C19H22N2O2. The van der Waals surface area contributed by atoms with Crippen molar-refractivity contribution >= 4 is 17.3 Å². The lowest BCUT2D eigenvalue weighted by atomic mass is 10.1. The zero-order chi connectivity index (χ0) is 16.4. The maximum atomic E-state index is 12.0. The van der Waals surface area contributed by atoms with Crippen LogP contribution in [0.2, 0.25) is 0 Å². The number of carbonyl (C=O) groups excluding carboxylic acids is 1. The van der Waals surface area contributed by atoms with Crippen LogP contribution in [0.4, 0.5) is 11.4 Å². The summed E-state index contributed by atoms with van der Waals surface area (Å²) < 4.78 is 5.59. The molecule has 2 aromatic rings. The van der Waals surface area contributed by atoms with Crippen molar-refractivity contribution in [3.8, 4) is 5.75 Å². The molecule has 1 N–H and O–H groups in total. The number of nitrogens with zero attached hydrogens (tertiary/aromatic N) is 1. The summed E-state index contributed by atoms with van der Waals surface area (Å²) in [5, 5.41) is 3.40. The highest BCUT2D eigenvalue weighted by Crippen LogP contribution is 2.35. The molecule has 0 saturated heterocycles. The zero-order valence-corrected chi connectivity index (χ0v) is 13.8. The average Bonchev–Trinajstić information content (AvgIpc) is 2.54. The van der Waals surface area contributed by atoms with Crippen molar-refractivity contribution in [3.05, 3.63) is 53.6 Å². The second-order valence-electron chi connectivity index (χ2n) is 6.17. The molecule has 1 heterocycles. The number of fused-ring (bicyclic) bond motifs is 1. The molecular weight excluding hydrogens is 288 g/mol. The van der Waals surface area contributed by atoms with Gasteiger partial charge in [-0.15, -0.1) is 0 Å². The summed E-state index contributed by atoms with van der Waals surface area (Å²) in [5.41, 5.74) is 4.32. The molecule has 120 valence electrons. The minimum atomic E-state index is 0.00728. The van der Waals surface area contributed by atoms with E-state index in [1.165, 1.54) is 11.1 Å². The van der Waals surface area contributed by atoms with Crippen molar-refractivity contribution < 1.29 is 9.53 Å². The SMILES string of the molecule is Cc1ccc(CNc2ccc3c(c2)OCC(=O)N3C(C)C)cc1. The fourth-order valence-electron chi connectivity index (χ4n) is 2.76. The van der Waals surface area contributed by atoms with Gasteiger partial charge in [-0.1, -0.05) is 29.8 Å². The Morgan fingerprint density at radius 1 is 1.17 bits per heavy atom. The second-order valence-corrected chi connectivity index (χ2v) is 6.17. The van der Waals surface area contributed by atoms with Crippen molar-refractivity contribution in [2.24, 2.45) is 0 Å². The van der Waals surface area contributed by atoms with Crippen LogP contribution in [0.25, 0.3) is 0 Å². The third-order valence-corrected chi connectivity index (χ3v) is 3.97. The minimum Gasteiger partial charge on any atom is -0.481 e. The molecule has 1 aliphatic heterocycles. The lowest BCUT2D eigenvalue weighted by Crippen LogP contribution is -2.43. The van der Waals surface area contributed by atoms with Gasteiger partial charge >= 0.3 is 0 Å². The van der Waals surface area contributed by atoms with E-state index in [2.05, 4.69) is 36.5 Å². The minimum absolute atomic E-state index is 0.00728. The maximum absolute atomic E-state index is 12.0. The third-order valence-electron chi connectivity index (χ3n) is 3.97. The van der Waals surface area contributed by atoms with Crippen molar-refractivity contribution in [1.29, 1.82) is 0 Å². The van der Waals surface area contributed by atoms with Gasteiger partial charge in [0.05, 0.1) is 5.69 Å². The number of hydrogen-bond acceptors (Lipinski definition) is 3. The van der Waals surface area contributed by atoms with E-state index in [0.717, 1.165) is 23.7 Å². The Morgan fingerprint density at radius 2 is 1.91 bits per heavy atom. The van der Waals surface area contributed by atoms with Gasteiger partial charge in [0, 0.05) is 24.3 Å². The van der Waals surface area contributed by atoms with Gasteiger partial charge in [-0.05, 0) is 38.5 Å². The van der Waals surface area contributed by atoms with Gasteiger partial charge in [0.1, 0.15) is 5.75 Å². The molecule has 1 aliphatic rings. The van der Waals surface area contributed by atoms with Crippen LogP contribution >= 0.6 is 0 Å². The molecule has 1 amide bonds. The quantitative estimate of drug-likeness (QED) is 0.935. The lowest BCUT2D eigenvalue weighted by molar-refractivity contribution is -0.121. The van der Waals surface area contributed by atoms with Crippen LogP contribution in [0.15, 0.2) is 42.5 Å². The molecule has 4 nitrogen and oxygen atoms in total. The van der Waals surface area contributed by atoms with E-state index in [0.29, 0.717) is 0 Å². The van der Waals surface area contributed by atoms with E-state index < -0.39 is 0 Å². The topological polar surface area (TPSA) is 41.6 Å². The summed E-state index contributed by atoms with van der Waals surface area (Å²) in [4.78, 5) is 13.8. The molecule has 2 aromatic carbocycles. The highest BCUT2D eigenvalue weighted by Gasteiger charge is 2.27. The fourth-order valence-corrected chi connectivity index (χ4v) is 2.76. The molecule has 0 aliphatic carbocycles. The van der Waals surface area contributed by atoms with E-state index in [9.17, 15) is 4.79 Å². The fraction of sp³-hybridized carbons (Fsp3) is 0.316. The molecule has 0 spiro atoms. The van der Waals surface area contributed by atoms with Crippen LogP contribution in [-0.4, -0.2) is 18.6 Å². The Balaban J connectivity index is 1.76. The number of rotatable bonds is 4. The largest absolute Gasteiger partial charge is 0.481 e. The Hall–Kier alpha value is -2.49. The number of aryl methyl sites for hydroxylation is 1. The summed E-state index contributed by atoms with van der Waals surface area (Å²) in [6.45, 7) is 6.96. The van der Waals surface area contributed by atoms with Crippen LogP contribution in [-0.2, 0) is 11.3 Å². The molecule has 0 saturated carbocycles. The summed E-state index contributed by atoms with van der Waals surface area (Å²) in [5.74, 6) is 0.764. The Labute approximate surface area is 137 Å². The van der Waals surface area contributed by atoms with Crippen molar-refractivity contribution in [2.45, 2.75) is 33.4 Å². The summed E-state index contributed by atoms with van der Waals surface area (Å²) in [7, 11) is 0. The van der Waals surface area contributed by atoms with Crippen molar-refractivity contribution in [3.63, 3.8) is 0 Å². The van der Waals surface area contributed by atoms with Gasteiger partial charge in [0.2, 0.25) is 0 Å². The molecule has 4 heteroatoms. The van der Waals surface area contributed by atoms with Crippen LogP contribution in [0, 0.1) is 6.92 Å². The van der Waals surface area contributed by atoms with Crippen LogP contribution in [0.3, 0.4) is 0 Å². The first-order valence-corrected chi connectivity index (χ1v) is 7.93. The molecule has 23 heavy (non-hydrogen) atoms. The highest BCUT2D eigenvalue weighted by molar-refractivity contribution is 5.98.